The van der Waals surface area contributed by atoms with Gasteiger partial charge in [-0.05, 0) is 55.3 Å². The van der Waals surface area contributed by atoms with Gasteiger partial charge in [-0.25, -0.2) is 18.7 Å². The topological polar surface area (TPSA) is 58.1 Å². The minimum Gasteiger partial charge on any atom is -0.356 e. The lowest BCUT2D eigenvalue weighted by molar-refractivity contribution is -0.120. The Balaban J connectivity index is 1.39. The van der Waals surface area contributed by atoms with Crippen molar-refractivity contribution in [3.63, 3.8) is 0 Å². The first-order valence-electron chi connectivity index (χ1n) is 9.49. The van der Waals surface area contributed by atoms with Crippen molar-refractivity contribution in [2.75, 3.05) is 23.3 Å². The zero-order chi connectivity index (χ0) is 20.2. The number of carbonyl (C=O) groups excluding carboxylic acids is 1. The largest absolute Gasteiger partial charge is 0.356 e. The van der Waals surface area contributed by atoms with Gasteiger partial charge in [-0.3, -0.25) is 4.79 Å². The zero-order valence-corrected chi connectivity index (χ0v) is 15.7. The van der Waals surface area contributed by atoms with Gasteiger partial charge in [0.05, 0.1) is 0 Å². The summed E-state index contributed by atoms with van der Waals surface area (Å²) in [6.07, 6.45) is 3.04. The molecule has 29 heavy (non-hydrogen) atoms. The van der Waals surface area contributed by atoms with Gasteiger partial charge in [0.2, 0.25) is 5.91 Å². The molecule has 0 saturated carbocycles. The number of hydrogen-bond acceptors (Lipinski definition) is 4. The third kappa shape index (κ3) is 4.56. The summed E-state index contributed by atoms with van der Waals surface area (Å²) in [5.74, 6) is 0.401. The predicted molar refractivity (Wildman–Crippen MR) is 107 cm³/mol. The number of anilines is 2. The molecule has 1 saturated heterocycles. The van der Waals surface area contributed by atoms with E-state index in [0.717, 1.165) is 5.82 Å². The lowest BCUT2D eigenvalue weighted by Crippen LogP contribution is -2.38. The smallest absolute Gasteiger partial charge is 0.227 e. The van der Waals surface area contributed by atoms with Crippen LogP contribution in [-0.2, 0) is 4.79 Å². The van der Waals surface area contributed by atoms with Crippen LogP contribution in [0.1, 0.15) is 12.8 Å². The molecule has 0 unspecified atom stereocenters. The van der Waals surface area contributed by atoms with Crippen molar-refractivity contribution in [1.29, 1.82) is 0 Å². The zero-order valence-electron chi connectivity index (χ0n) is 15.7. The highest BCUT2D eigenvalue weighted by Gasteiger charge is 2.26. The fourth-order valence-electron chi connectivity index (χ4n) is 3.44. The van der Waals surface area contributed by atoms with Crippen molar-refractivity contribution in [2.45, 2.75) is 12.8 Å². The number of rotatable bonds is 4. The van der Waals surface area contributed by atoms with Crippen LogP contribution < -0.4 is 10.2 Å². The molecule has 1 N–H and O–H groups in total. The number of halogens is 2. The van der Waals surface area contributed by atoms with E-state index in [4.69, 9.17) is 0 Å². The van der Waals surface area contributed by atoms with Crippen LogP contribution in [-0.4, -0.2) is 29.0 Å². The Morgan fingerprint density at radius 3 is 2.48 bits per heavy atom. The molecular formula is C22H20F2N4O. The molecule has 0 bridgehead atoms. The van der Waals surface area contributed by atoms with E-state index in [9.17, 15) is 13.6 Å². The molecule has 2 aromatic carbocycles. The number of nitrogens with zero attached hydrogens (tertiary/aromatic N) is 3. The van der Waals surface area contributed by atoms with E-state index in [1.807, 2.05) is 6.07 Å². The van der Waals surface area contributed by atoms with Crippen LogP contribution >= 0.6 is 0 Å². The third-order valence-corrected chi connectivity index (χ3v) is 5.03. The number of piperidine rings is 1. The Labute approximate surface area is 167 Å². The van der Waals surface area contributed by atoms with Gasteiger partial charge in [0, 0.05) is 36.5 Å². The molecule has 2 heterocycles. The molecule has 5 nitrogen and oxygen atoms in total. The number of benzene rings is 2. The van der Waals surface area contributed by atoms with Crippen LogP contribution in [0.2, 0.25) is 0 Å². The van der Waals surface area contributed by atoms with Gasteiger partial charge in [-0.15, -0.1) is 0 Å². The van der Waals surface area contributed by atoms with E-state index in [0.29, 0.717) is 43.0 Å². The van der Waals surface area contributed by atoms with Gasteiger partial charge in [-0.2, -0.15) is 0 Å². The molecule has 148 valence electrons. The first kappa shape index (κ1) is 19.0. The highest BCUT2D eigenvalue weighted by atomic mass is 19.1. The van der Waals surface area contributed by atoms with Crippen LogP contribution in [0, 0.1) is 17.6 Å². The molecule has 4 rings (SSSR count). The Bertz CT molecular complexity index is 1000. The maximum atomic E-state index is 13.5. The van der Waals surface area contributed by atoms with Crippen LogP contribution in [0.5, 0.6) is 0 Å². The van der Waals surface area contributed by atoms with E-state index >= 15 is 0 Å². The minimum atomic E-state index is -0.334. The van der Waals surface area contributed by atoms with Crippen molar-refractivity contribution >= 4 is 17.4 Å². The third-order valence-electron chi connectivity index (χ3n) is 5.03. The molecule has 1 aliphatic rings. The quantitative estimate of drug-likeness (QED) is 0.718. The molecule has 7 heteroatoms. The lowest BCUT2D eigenvalue weighted by Gasteiger charge is -2.32. The summed E-state index contributed by atoms with van der Waals surface area (Å²) in [5.41, 5.74) is 1.22. The molecule has 0 spiro atoms. The maximum Gasteiger partial charge on any atom is 0.227 e. The SMILES string of the molecule is O=C(Nc1ccc(F)cc1)C1CCN(c2ccnc(-c3cccc(F)c3)n2)CC1. The fraction of sp³-hybridized carbons (Fsp3) is 0.227. The summed E-state index contributed by atoms with van der Waals surface area (Å²) in [6, 6.07) is 13.8. The first-order valence-corrected chi connectivity index (χ1v) is 9.49. The highest BCUT2D eigenvalue weighted by molar-refractivity contribution is 5.92. The summed E-state index contributed by atoms with van der Waals surface area (Å²) in [7, 11) is 0. The summed E-state index contributed by atoms with van der Waals surface area (Å²) < 4.78 is 26.5. The molecule has 0 atom stereocenters. The highest BCUT2D eigenvalue weighted by Crippen LogP contribution is 2.25. The molecule has 1 aliphatic heterocycles. The molecular weight excluding hydrogens is 374 g/mol. The molecule has 1 amide bonds. The second-order valence-electron chi connectivity index (χ2n) is 7.01. The Morgan fingerprint density at radius 1 is 1.00 bits per heavy atom. The molecule has 3 aromatic rings. The van der Waals surface area contributed by atoms with E-state index in [-0.39, 0.29) is 23.5 Å². The van der Waals surface area contributed by atoms with Gasteiger partial charge in [0.15, 0.2) is 5.82 Å². The van der Waals surface area contributed by atoms with Gasteiger partial charge in [-0.1, -0.05) is 12.1 Å². The summed E-state index contributed by atoms with van der Waals surface area (Å²) in [6.45, 7) is 1.36. The van der Waals surface area contributed by atoms with E-state index in [1.54, 1.807) is 30.5 Å². The molecule has 1 fully saturated rings. The first-order chi connectivity index (χ1) is 14.1. The van der Waals surface area contributed by atoms with Gasteiger partial charge in [0.25, 0.3) is 0 Å². The Hall–Kier alpha value is -3.35. The Morgan fingerprint density at radius 2 is 1.76 bits per heavy atom. The number of carbonyl (C=O) groups is 1. The number of amides is 1. The number of hydrogen-bond donors (Lipinski definition) is 1. The van der Waals surface area contributed by atoms with Crippen molar-refractivity contribution in [3.05, 3.63) is 72.4 Å². The van der Waals surface area contributed by atoms with Crippen molar-refractivity contribution in [3.8, 4) is 11.4 Å². The predicted octanol–water partition coefficient (Wildman–Crippen LogP) is 4.28. The monoisotopic (exact) mass is 394 g/mol. The number of aromatic nitrogens is 2. The van der Waals surface area contributed by atoms with Crippen molar-refractivity contribution < 1.29 is 13.6 Å². The van der Waals surface area contributed by atoms with Gasteiger partial charge >= 0.3 is 0 Å². The van der Waals surface area contributed by atoms with Gasteiger partial charge in [0.1, 0.15) is 17.5 Å². The number of nitrogens with one attached hydrogen (secondary N) is 1. The summed E-state index contributed by atoms with van der Waals surface area (Å²) in [5, 5.41) is 2.84. The normalized spacial score (nSPS) is 14.6. The minimum absolute atomic E-state index is 0.0561. The van der Waals surface area contributed by atoms with Crippen LogP contribution in [0.3, 0.4) is 0 Å². The van der Waals surface area contributed by atoms with E-state index in [2.05, 4.69) is 20.2 Å². The van der Waals surface area contributed by atoms with Crippen molar-refractivity contribution in [2.24, 2.45) is 5.92 Å². The Kier molecular flexibility index (Phi) is 5.46. The van der Waals surface area contributed by atoms with Crippen LogP contribution in [0.25, 0.3) is 11.4 Å². The lowest BCUT2D eigenvalue weighted by atomic mass is 9.96. The average molecular weight is 394 g/mol. The van der Waals surface area contributed by atoms with E-state index < -0.39 is 0 Å². The van der Waals surface area contributed by atoms with Crippen molar-refractivity contribution in [1.82, 2.24) is 9.97 Å². The second-order valence-corrected chi connectivity index (χ2v) is 7.01. The fourth-order valence-corrected chi connectivity index (χ4v) is 3.44. The second kappa shape index (κ2) is 8.34. The maximum absolute atomic E-state index is 13.5. The molecule has 1 aromatic heterocycles. The summed E-state index contributed by atoms with van der Waals surface area (Å²) in [4.78, 5) is 23.4. The summed E-state index contributed by atoms with van der Waals surface area (Å²) >= 11 is 0. The standard InChI is InChI=1S/C22H20F2N4O/c23-17-4-6-19(7-5-17)26-22(29)15-9-12-28(13-10-15)20-8-11-25-21(27-20)16-2-1-3-18(24)14-16/h1-8,11,14-15H,9-10,12-13H2,(H,26,29). The average Bonchev–Trinajstić information content (AvgIpc) is 2.75. The van der Waals surface area contributed by atoms with Crippen LogP contribution in [0.4, 0.5) is 20.3 Å². The van der Waals surface area contributed by atoms with E-state index in [1.165, 1.54) is 24.3 Å². The molecule has 0 radical (unpaired) electrons. The van der Waals surface area contributed by atoms with Gasteiger partial charge < -0.3 is 10.2 Å². The van der Waals surface area contributed by atoms with Crippen LogP contribution in [0.15, 0.2) is 60.8 Å². The molecule has 0 aliphatic carbocycles.